The summed E-state index contributed by atoms with van der Waals surface area (Å²) in [4.78, 5) is 14.3. The summed E-state index contributed by atoms with van der Waals surface area (Å²) >= 11 is 19.1. The zero-order chi connectivity index (χ0) is 20.8. The molecule has 2 heterocycles. The van der Waals surface area contributed by atoms with E-state index >= 15 is 0 Å². The summed E-state index contributed by atoms with van der Waals surface area (Å²) < 4.78 is 11.6. The lowest BCUT2D eigenvalue weighted by Crippen LogP contribution is -2.32. The Balaban J connectivity index is 1.72. The largest absolute Gasteiger partial charge is 0.471 e. The van der Waals surface area contributed by atoms with Crippen LogP contribution in [0.1, 0.15) is 5.56 Å². The van der Waals surface area contributed by atoms with Gasteiger partial charge in [0.05, 0.1) is 27.8 Å². The predicted octanol–water partition coefficient (Wildman–Crippen LogP) is 6.78. The Morgan fingerprint density at radius 2 is 1.70 bits per heavy atom. The first kappa shape index (κ1) is 19.3. The predicted molar refractivity (Wildman–Crippen MR) is 121 cm³/mol. The second-order valence-electron chi connectivity index (χ2n) is 6.96. The van der Waals surface area contributed by atoms with E-state index in [-0.39, 0.29) is 6.73 Å². The second-order valence-corrected chi connectivity index (χ2v) is 8.21. The monoisotopic (exact) mass is 457 g/mol. The highest BCUT2D eigenvalue weighted by atomic mass is 35.5. The summed E-state index contributed by atoms with van der Waals surface area (Å²) in [7, 11) is 0. The maximum atomic E-state index is 12.4. The second kappa shape index (κ2) is 7.55. The number of rotatable bonds is 2. The van der Waals surface area contributed by atoms with Gasteiger partial charge in [-0.3, -0.25) is 0 Å². The molecule has 0 unspecified atom stereocenters. The minimum Gasteiger partial charge on any atom is -0.471 e. The molecular formula is C23H14Cl3NO3. The number of fused-ring (bicyclic) bond motifs is 3. The van der Waals surface area contributed by atoms with Crippen LogP contribution in [0, 0.1) is 0 Å². The van der Waals surface area contributed by atoms with Gasteiger partial charge in [0.15, 0.2) is 6.73 Å². The Bertz CT molecular complexity index is 1340. The molecule has 30 heavy (non-hydrogen) atoms. The summed E-state index contributed by atoms with van der Waals surface area (Å²) in [5, 5.41) is 2.31. The van der Waals surface area contributed by atoms with Gasteiger partial charge in [0.1, 0.15) is 11.3 Å². The van der Waals surface area contributed by atoms with Crippen LogP contribution in [0.25, 0.3) is 22.1 Å². The van der Waals surface area contributed by atoms with E-state index in [1.807, 2.05) is 35.2 Å². The molecule has 5 rings (SSSR count). The van der Waals surface area contributed by atoms with Crippen LogP contribution in [0.15, 0.2) is 69.9 Å². The smallest absolute Gasteiger partial charge is 0.336 e. The minimum absolute atomic E-state index is 0.237. The first-order chi connectivity index (χ1) is 14.5. The third-order valence-corrected chi connectivity index (χ3v) is 5.92. The molecule has 0 saturated heterocycles. The lowest BCUT2D eigenvalue weighted by molar-refractivity contribution is 0.289. The van der Waals surface area contributed by atoms with E-state index in [1.54, 1.807) is 24.3 Å². The summed E-state index contributed by atoms with van der Waals surface area (Å²) in [6.07, 6.45) is 0. The van der Waals surface area contributed by atoms with E-state index in [4.69, 9.17) is 44.0 Å². The molecule has 0 saturated carbocycles. The highest BCUT2D eigenvalue weighted by molar-refractivity contribution is 6.35. The van der Waals surface area contributed by atoms with E-state index in [9.17, 15) is 4.79 Å². The van der Waals surface area contributed by atoms with Gasteiger partial charge >= 0.3 is 5.63 Å². The Hall–Kier alpha value is -2.66. The van der Waals surface area contributed by atoms with Crippen molar-refractivity contribution in [3.8, 4) is 16.9 Å². The van der Waals surface area contributed by atoms with E-state index in [2.05, 4.69) is 0 Å². The molecule has 0 fully saturated rings. The Morgan fingerprint density at radius 3 is 2.50 bits per heavy atom. The normalized spacial score (nSPS) is 13.2. The zero-order valence-electron chi connectivity index (χ0n) is 15.5. The average Bonchev–Trinajstić information content (AvgIpc) is 2.76. The molecule has 4 aromatic rings. The van der Waals surface area contributed by atoms with Gasteiger partial charge in [-0.05, 0) is 35.4 Å². The van der Waals surface area contributed by atoms with Crippen molar-refractivity contribution in [3.05, 3.63) is 91.7 Å². The van der Waals surface area contributed by atoms with Crippen molar-refractivity contribution in [2.24, 2.45) is 0 Å². The van der Waals surface area contributed by atoms with Crippen molar-refractivity contribution >= 4 is 51.5 Å². The highest BCUT2D eigenvalue weighted by Crippen LogP contribution is 2.43. The SMILES string of the molecule is O=c1cc(-c2ccccc2)c2cc(Cl)c3c(c2o1)CN(c1cc(Cl)ccc1Cl)CO3. The molecule has 0 aliphatic carbocycles. The lowest BCUT2D eigenvalue weighted by Gasteiger charge is -2.32. The molecule has 150 valence electrons. The van der Waals surface area contributed by atoms with Crippen molar-refractivity contribution in [1.82, 2.24) is 0 Å². The van der Waals surface area contributed by atoms with Crippen LogP contribution in [-0.4, -0.2) is 6.73 Å². The molecule has 0 radical (unpaired) electrons. The van der Waals surface area contributed by atoms with Crippen molar-refractivity contribution in [1.29, 1.82) is 0 Å². The number of benzene rings is 3. The Labute approximate surface area is 187 Å². The standard InChI is InChI=1S/C23H14Cl3NO3/c24-14-6-7-18(25)20(8-14)27-11-17-22-16(9-19(26)23(17)29-12-27)15(10-21(28)30-22)13-4-2-1-3-5-13/h1-10H,11-12H2. The lowest BCUT2D eigenvalue weighted by atomic mass is 9.99. The Morgan fingerprint density at radius 1 is 0.900 bits per heavy atom. The number of ether oxygens (including phenoxy) is 1. The number of anilines is 1. The molecule has 1 aromatic heterocycles. The van der Waals surface area contributed by atoms with Crippen LogP contribution < -0.4 is 15.3 Å². The van der Waals surface area contributed by atoms with E-state index in [1.165, 1.54) is 6.07 Å². The van der Waals surface area contributed by atoms with Crippen LogP contribution in [0.2, 0.25) is 15.1 Å². The van der Waals surface area contributed by atoms with Crippen molar-refractivity contribution in [2.75, 3.05) is 11.6 Å². The fourth-order valence-corrected chi connectivity index (χ4v) is 4.41. The third kappa shape index (κ3) is 3.31. The van der Waals surface area contributed by atoms with Gasteiger partial charge in [0.2, 0.25) is 0 Å². The summed E-state index contributed by atoms with van der Waals surface area (Å²) in [5.74, 6) is 0.506. The molecule has 1 aliphatic heterocycles. The number of halogens is 3. The zero-order valence-corrected chi connectivity index (χ0v) is 17.8. The topological polar surface area (TPSA) is 42.7 Å². The molecule has 1 aliphatic rings. The van der Waals surface area contributed by atoms with Gasteiger partial charge in [-0.1, -0.05) is 65.1 Å². The highest BCUT2D eigenvalue weighted by Gasteiger charge is 2.26. The van der Waals surface area contributed by atoms with E-state index in [0.717, 1.165) is 22.2 Å². The van der Waals surface area contributed by atoms with Gasteiger partial charge < -0.3 is 14.1 Å². The number of hydrogen-bond donors (Lipinski definition) is 0. The van der Waals surface area contributed by atoms with E-state index < -0.39 is 5.63 Å². The van der Waals surface area contributed by atoms with Crippen LogP contribution in [0.4, 0.5) is 5.69 Å². The van der Waals surface area contributed by atoms with Crippen molar-refractivity contribution < 1.29 is 9.15 Å². The number of hydrogen-bond acceptors (Lipinski definition) is 4. The van der Waals surface area contributed by atoms with Gasteiger partial charge in [0.25, 0.3) is 0 Å². The molecule has 7 heteroatoms. The van der Waals surface area contributed by atoms with Crippen molar-refractivity contribution in [3.63, 3.8) is 0 Å². The van der Waals surface area contributed by atoms with Gasteiger partial charge in [0, 0.05) is 16.5 Å². The van der Waals surface area contributed by atoms with Gasteiger partial charge in [-0.2, -0.15) is 0 Å². The maximum absolute atomic E-state index is 12.4. The molecule has 0 bridgehead atoms. The fraction of sp³-hybridized carbons (Fsp3) is 0.0870. The summed E-state index contributed by atoms with van der Waals surface area (Å²) in [6, 6.07) is 18.1. The van der Waals surface area contributed by atoms with E-state index in [0.29, 0.717) is 38.5 Å². The van der Waals surface area contributed by atoms with Gasteiger partial charge in [-0.15, -0.1) is 0 Å². The van der Waals surface area contributed by atoms with Crippen LogP contribution in [-0.2, 0) is 6.54 Å². The molecule has 0 spiro atoms. The quantitative estimate of drug-likeness (QED) is 0.311. The summed E-state index contributed by atoms with van der Waals surface area (Å²) in [5.41, 5.74) is 3.08. The minimum atomic E-state index is -0.441. The molecule has 0 amide bonds. The molecule has 4 nitrogen and oxygen atoms in total. The average molecular weight is 459 g/mol. The first-order valence-electron chi connectivity index (χ1n) is 9.19. The van der Waals surface area contributed by atoms with Crippen LogP contribution in [0.3, 0.4) is 0 Å². The summed E-state index contributed by atoms with van der Waals surface area (Å²) in [6.45, 7) is 0.633. The first-order valence-corrected chi connectivity index (χ1v) is 10.3. The van der Waals surface area contributed by atoms with Crippen molar-refractivity contribution in [2.45, 2.75) is 6.54 Å². The number of nitrogens with zero attached hydrogens (tertiary/aromatic N) is 1. The van der Waals surface area contributed by atoms with Crippen LogP contribution >= 0.6 is 34.8 Å². The maximum Gasteiger partial charge on any atom is 0.336 e. The van der Waals surface area contributed by atoms with Gasteiger partial charge in [-0.25, -0.2) is 4.79 Å². The molecule has 3 aromatic carbocycles. The van der Waals surface area contributed by atoms with Crippen LogP contribution in [0.5, 0.6) is 5.75 Å². The third-order valence-electron chi connectivity index (χ3n) is 5.08. The Kier molecular flexibility index (Phi) is 4.86. The fourth-order valence-electron chi connectivity index (χ4n) is 3.73. The molecule has 0 atom stereocenters. The molecular weight excluding hydrogens is 445 g/mol. The molecule has 0 N–H and O–H groups in total.